The van der Waals surface area contributed by atoms with E-state index >= 15 is 0 Å². The molecule has 0 aliphatic rings. The summed E-state index contributed by atoms with van der Waals surface area (Å²) >= 11 is 0. The predicted octanol–water partition coefficient (Wildman–Crippen LogP) is 2.11. The summed E-state index contributed by atoms with van der Waals surface area (Å²) in [5, 5.41) is 22.7. The standard InChI is InChI=1S/C22H17N5O.C5H6BNO2/c28-22-26(15-12-18-9-8-16-4-1-2-5-19(16)24-18)25-21-7-3-6-20(27(21)22)17-10-13-23-14-11-17;8-6(9)5-1-3-7-4-2-5/h1-11,13-14H,12,15H2;1-4,8-9H. The fourth-order valence-corrected chi connectivity index (χ4v) is 3.96. The summed E-state index contributed by atoms with van der Waals surface area (Å²) in [6.45, 7) is 0.474. The molecule has 0 unspecified atom stereocenters. The zero-order chi connectivity index (χ0) is 25.6. The minimum absolute atomic E-state index is 0.150. The van der Waals surface area contributed by atoms with Gasteiger partial charge in [-0.1, -0.05) is 30.3 Å². The molecule has 9 nitrogen and oxygen atoms in total. The lowest BCUT2D eigenvalue weighted by molar-refractivity contribution is 0.425. The Kier molecular flexibility index (Phi) is 7.11. The van der Waals surface area contributed by atoms with Crippen molar-refractivity contribution in [3.8, 4) is 11.3 Å². The van der Waals surface area contributed by atoms with Crippen molar-refractivity contribution >= 4 is 29.1 Å². The summed E-state index contributed by atoms with van der Waals surface area (Å²) in [6, 6.07) is 24.6. The van der Waals surface area contributed by atoms with Crippen LogP contribution in [0.4, 0.5) is 0 Å². The van der Waals surface area contributed by atoms with E-state index in [2.05, 4.69) is 26.1 Å². The highest BCUT2D eigenvalue weighted by Crippen LogP contribution is 2.18. The normalized spacial score (nSPS) is 10.8. The van der Waals surface area contributed by atoms with Gasteiger partial charge in [0.1, 0.15) is 0 Å². The van der Waals surface area contributed by atoms with E-state index in [0.717, 1.165) is 27.9 Å². The van der Waals surface area contributed by atoms with E-state index < -0.39 is 7.12 Å². The lowest BCUT2D eigenvalue weighted by Crippen LogP contribution is -2.29. The first kappa shape index (κ1) is 24.0. The molecule has 1 aromatic carbocycles. The van der Waals surface area contributed by atoms with Crippen molar-refractivity contribution in [2.45, 2.75) is 13.0 Å². The lowest BCUT2D eigenvalue weighted by Gasteiger charge is -2.03. The van der Waals surface area contributed by atoms with E-state index in [4.69, 9.17) is 10.0 Å². The van der Waals surface area contributed by atoms with Crippen LogP contribution in [0.15, 0.2) is 108 Å². The molecule has 0 aliphatic heterocycles. The van der Waals surface area contributed by atoms with Crippen molar-refractivity contribution in [3.05, 3.63) is 120 Å². The lowest BCUT2D eigenvalue weighted by atomic mass is 9.81. The van der Waals surface area contributed by atoms with E-state index in [1.54, 1.807) is 28.9 Å². The highest BCUT2D eigenvalue weighted by molar-refractivity contribution is 6.58. The summed E-state index contributed by atoms with van der Waals surface area (Å²) in [4.78, 5) is 25.4. The van der Waals surface area contributed by atoms with Gasteiger partial charge in [-0.05, 0) is 54.0 Å². The van der Waals surface area contributed by atoms with Crippen LogP contribution in [0.25, 0.3) is 27.8 Å². The van der Waals surface area contributed by atoms with E-state index in [1.165, 1.54) is 17.1 Å². The predicted molar refractivity (Wildman–Crippen MR) is 142 cm³/mol. The van der Waals surface area contributed by atoms with Crippen molar-refractivity contribution in [3.63, 3.8) is 0 Å². The number of benzene rings is 1. The van der Waals surface area contributed by atoms with Crippen molar-refractivity contribution in [2.75, 3.05) is 0 Å². The van der Waals surface area contributed by atoms with Gasteiger partial charge in [0, 0.05) is 47.9 Å². The maximum atomic E-state index is 13.0. The number of aromatic nitrogens is 6. The highest BCUT2D eigenvalue weighted by Gasteiger charge is 2.12. The molecule has 5 aromatic heterocycles. The summed E-state index contributed by atoms with van der Waals surface area (Å²) in [5.41, 5.74) is 4.58. The summed E-state index contributed by atoms with van der Waals surface area (Å²) in [6.07, 6.45) is 7.09. The second kappa shape index (κ2) is 10.9. The van der Waals surface area contributed by atoms with E-state index in [-0.39, 0.29) is 5.69 Å². The zero-order valence-corrected chi connectivity index (χ0v) is 19.8. The summed E-state index contributed by atoms with van der Waals surface area (Å²) < 4.78 is 3.15. The van der Waals surface area contributed by atoms with Crippen LogP contribution in [0, 0.1) is 0 Å². The van der Waals surface area contributed by atoms with Crippen LogP contribution in [0.5, 0.6) is 0 Å². The molecular weight excluding hydrogens is 467 g/mol. The van der Waals surface area contributed by atoms with Crippen LogP contribution in [-0.4, -0.2) is 46.3 Å². The Hall–Kier alpha value is -4.67. The Morgan fingerprint density at radius 2 is 1.51 bits per heavy atom. The molecule has 0 saturated carbocycles. The van der Waals surface area contributed by atoms with Gasteiger partial charge in [0.25, 0.3) is 0 Å². The third-order valence-corrected chi connectivity index (χ3v) is 5.82. The van der Waals surface area contributed by atoms with Gasteiger partial charge >= 0.3 is 12.8 Å². The van der Waals surface area contributed by atoms with Crippen LogP contribution in [0.2, 0.25) is 0 Å². The van der Waals surface area contributed by atoms with Crippen LogP contribution < -0.4 is 11.2 Å². The second-order valence-electron chi connectivity index (χ2n) is 8.25. The highest BCUT2D eigenvalue weighted by atomic mass is 16.4. The number of pyridine rings is 4. The Morgan fingerprint density at radius 1 is 0.784 bits per heavy atom. The number of para-hydroxylation sites is 1. The number of hydrogen-bond acceptors (Lipinski definition) is 7. The summed E-state index contributed by atoms with van der Waals surface area (Å²) in [5.74, 6) is 0. The topological polar surface area (TPSA) is 118 Å². The monoisotopic (exact) mass is 490 g/mol. The Bertz CT molecular complexity index is 1690. The maximum Gasteiger partial charge on any atom is 0.488 e. The molecule has 0 saturated heterocycles. The molecule has 10 heteroatoms. The van der Waals surface area contributed by atoms with Crippen molar-refractivity contribution < 1.29 is 10.0 Å². The molecule has 6 rings (SSSR count). The fraction of sp³-hybridized carbons (Fsp3) is 0.0741. The number of hydrogen-bond donors (Lipinski definition) is 2. The van der Waals surface area contributed by atoms with Crippen LogP contribution in [0.1, 0.15) is 5.69 Å². The molecule has 5 heterocycles. The molecule has 182 valence electrons. The van der Waals surface area contributed by atoms with Gasteiger partial charge in [0.05, 0.1) is 17.8 Å². The molecule has 0 aliphatic carbocycles. The largest absolute Gasteiger partial charge is 0.488 e. The van der Waals surface area contributed by atoms with Crippen molar-refractivity contribution in [2.24, 2.45) is 0 Å². The Balaban J connectivity index is 0.000000265. The Morgan fingerprint density at radius 3 is 2.24 bits per heavy atom. The van der Waals surface area contributed by atoms with Gasteiger partial charge in [-0.25, -0.2) is 13.9 Å². The summed E-state index contributed by atoms with van der Waals surface area (Å²) in [7, 11) is -1.38. The molecule has 0 bridgehead atoms. The molecule has 37 heavy (non-hydrogen) atoms. The van der Waals surface area contributed by atoms with E-state index in [9.17, 15) is 4.79 Å². The maximum absolute atomic E-state index is 13.0. The van der Waals surface area contributed by atoms with E-state index in [0.29, 0.717) is 24.1 Å². The number of rotatable bonds is 5. The average Bonchev–Trinajstić information content (AvgIpc) is 3.28. The van der Waals surface area contributed by atoms with Crippen molar-refractivity contribution in [1.29, 1.82) is 0 Å². The zero-order valence-electron chi connectivity index (χ0n) is 19.8. The first-order chi connectivity index (χ1) is 18.1. The van der Waals surface area contributed by atoms with Crippen LogP contribution in [-0.2, 0) is 13.0 Å². The number of fused-ring (bicyclic) bond motifs is 2. The van der Waals surface area contributed by atoms with Gasteiger partial charge in [0.2, 0.25) is 0 Å². The van der Waals surface area contributed by atoms with Gasteiger partial charge in [-0.2, -0.15) is 0 Å². The third kappa shape index (κ3) is 5.45. The molecule has 0 amide bonds. The first-order valence-corrected chi connectivity index (χ1v) is 11.7. The number of aryl methyl sites for hydroxylation is 2. The molecule has 0 atom stereocenters. The second-order valence-corrected chi connectivity index (χ2v) is 8.25. The average molecular weight is 490 g/mol. The van der Waals surface area contributed by atoms with Gasteiger partial charge in [-0.3, -0.25) is 15.0 Å². The molecule has 0 radical (unpaired) electrons. The minimum atomic E-state index is -1.38. The third-order valence-electron chi connectivity index (χ3n) is 5.82. The molecule has 2 N–H and O–H groups in total. The van der Waals surface area contributed by atoms with Gasteiger partial charge < -0.3 is 10.0 Å². The molecule has 0 fully saturated rings. The minimum Gasteiger partial charge on any atom is -0.423 e. The van der Waals surface area contributed by atoms with Gasteiger partial charge in [-0.15, -0.1) is 5.10 Å². The van der Waals surface area contributed by atoms with E-state index in [1.807, 2.05) is 60.7 Å². The molecule has 6 aromatic rings. The number of nitrogens with zero attached hydrogens (tertiary/aromatic N) is 6. The van der Waals surface area contributed by atoms with Crippen molar-refractivity contribution in [1.82, 2.24) is 29.1 Å². The SMILES string of the molecule is O=c1n(CCc2ccc3ccccc3n2)nc2cccc(-c3ccncc3)n12.OB(O)c1ccncc1. The van der Waals surface area contributed by atoms with Crippen LogP contribution >= 0.6 is 0 Å². The van der Waals surface area contributed by atoms with Gasteiger partial charge in [0.15, 0.2) is 5.65 Å². The molecule has 0 spiro atoms. The fourth-order valence-electron chi connectivity index (χ4n) is 3.96. The smallest absolute Gasteiger partial charge is 0.423 e. The molecular formula is C27H23BN6O3. The first-order valence-electron chi connectivity index (χ1n) is 11.7. The Labute approximate surface area is 212 Å². The quantitative estimate of drug-likeness (QED) is 0.356. The van der Waals surface area contributed by atoms with Crippen LogP contribution in [0.3, 0.4) is 0 Å².